The highest BCUT2D eigenvalue weighted by atomic mass is 32.2. The number of rotatable bonds is 8. The third-order valence-corrected chi connectivity index (χ3v) is 5.34. The summed E-state index contributed by atoms with van der Waals surface area (Å²) in [6.07, 6.45) is 0. The van der Waals surface area contributed by atoms with E-state index >= 15 is 0 Å². The lowest BCUT2D eigenvalue weighted by Crippen LogP contribution is -2.23. The number of carboxylic acid groups (broad SMARTS) is 1. The number of carboxylic acids is 1. The SMILES string of the molecule is CCN(CC)c1ccc(NS(=O)(=O)c2cc(C(=O)[O-])ccc2OC)cc1. The number of anilines is 2. The van der Waals surface area contributed by atoms with Gasteiger partial charge in [0.2, 0.25) is 0 Å². The van der Waals surface area contributed by atoms with Gasteiger partial charge >= 0.3 is 0 Å². The van der Waals surface area contributed by atoms with E-state index in [2.05, 4.69) is 9.62 Å². The molecule has 2 aromatic rings. The molecule has 0 aromatic heterocycles. The van der Waals surface area contributed by atoms with Crippen molar-refractivity contribution in [3.8, 4) is 5.75 Å². The zero-order valence-electron chi connectivity index (χ0n) is 14.9. The van der Waals surface area contributed by atoms with Crippen molar-refractivity contribution in [2.75, 3.05) is 29.8 Å². The monoisotopic (exact) mass is 377 g/mol. The predicted molar refractivity (Wildman–Crippen MR) is 98.1 cm³/mol. The van der Waals surface area contributed by atoms with Crippen LogP contribution in [0, 0.1) is 0 Å². The van der Waals surface area contributed by atoms with Gasteiger partial charge in [-0.3, -0.25) is 4.72 Å². The maximum absolute atomic E-state index is 12.7. The third-order valence-electron chi connectivity index (χ3n) is 3.94. The van der Waals surface area contributed by atoms with Gasteiger partial charge in [-0.25, -0.2) is 8.42 Å². The van der Waals surface area contributed by atoms with Gasteiger partial charge in [-0.1, -0.05) is 0 Å². The summed E-state index contributed by atoms with van der Waals surface area (Å²) in [6.45, 7) is 5.76. The quantitative estimate of drug-likeness (QED) is 0.752. The Hall–Kier alpha value is -2.74. The minimum Gasteiger partial charge on any atom is -0.545 e. The van der Waals surface area contributed by atoms with E-state index in [4.69, 9.17) is 4.74 Å². The normalized spacial score (nSPS) is 11.0. The van der Waals surface area contributed by atoms with E-state index in [1.165, 1.54) is 19.2 Å². The number of carbonyl (C=O) groups excluding carboxylic acids is 1. The Labute approximate surface area is 153 Å². The predicted octanol–water partition coefficient (Wildman–Crippen LogP) is 1.71. The largest absolute Gasteiger partial charge is 0.545 e. The third kappa shape index (κ3) is 4.26. The van der Waals surface area contributed by atoms with Crippen LogP contribution in [0.4, 0.5) is 11.4 Å². The topological polar surface area (TPSA) is 98.8 Å². The van der Waals surface area contributed by atoms with E-state index in [1.807, 2.05) is 26.0 Å². The maximum Gasteiger partial charge on any atom is 0.265 e. The molecule has 0 radical (unpaired) electrons. The minimum atomic E-state index is -4.04. The van der Waals surface area contributed by atoms with E-state index in [0.717, 1.165) is 24.8 Å². The van der Waals surface area contributed by atoms with Crippen molar-refractivity contribution in [1.29, 1.82) is 0 Å². The highest BCUT2D eigenvalue weighted by Gasteiger charge is 2.20. The van der Waals surface area contributed by atoms with Gasteiger partial charge in [-0.2, -0.15) is 0 Å². The molecule has 0 amide bonds. The number of nitrogens with zero attached hydrogens (tertiary/aromatic N) is 1. The van der Waals surface area contributed by atoms with Crippen molar-refractivity contribution in [1.82, 2.24) is 0 Å². The Morgan fingerprint density at radius 2 is 1.73 bits per heavy atom. The zero-order valence-corrected chi connectivity index (χ0v) is 15.7. The Balaban J connectivity index is 2.34. The number of nitrogens with one attached hydrogen (secondary N) is 1. The van der Waals surface area contributed by atoms with Crippen LogP contribution in [0.25, 0.3) is 0 Å². The van der Waals surface area contributed by atoms with Crippen molar-refractivity contribution < 1.29 is 23.1 Å². The molecule has 0 heterocycles. The number of hydrogen-bond donors (Lipinski definition) is 1. The molecule has 2 rings (SSSR count). The van der Waals surface area contributed by atoms with Crippen LogP contribution in [0.2, 0.25) is 0 Å². The Bertz CT molecular complexity index is 875. The number of sulfonamides is 1. The average molecular weight is 377 g/mol. The smallest absolute Gasteiger partial charge is 0.265 e. The molecule has 7 nitrogen and oxygen atoms in total. The molecule has 0 saturated carbocycles. The fraction of sp³-hybridized carbons (Fsp3) is 0.278. The second-order valence-electron chi connectivity index (χ2n) is 5.48. The first-order valence-electron chi connectivity index (χ1n) is 8.09. The van der Waals surface area contributed by atoms with Gasteiger partial charge < -0.3 is 19.5 Å². The van der Waals surface area contributed by atoms with Crippen molar-refractivity contribution >= 4 is 27.4 Å². The van der Waals surface area contributed by atoms with Crippen LogP contribution in [0.3, 0.4) is 0 Å². The molecule has 2 aromatic carbocycles. The molecule has 0 fully saturated rings. The molecule has 26 heavy (non-hydrogen) atoms. The van der Waals surface area contributed by atoms with Gasteiger partial charge in [0.1, 0.15) is 10.6 Å². The van der Waals surface area contributed by atoms with Crippen molar-refractivity contribution in [2.24, 2.45) is 0 Å². The summed E-state index contributed by atoms with van der Waals surface area (Å²) in [5.74, 6) is -1.42. The summed E-state index contributed by atoms with van der Waals surface area (Å²) in [4.78, 5) is 12.9. The van der Waals surface area contributed by atoms with Crippen LogP contribution in [0.5, 0.6) is 5.75 Å². The molecule has 0 aliphatic rings. The molecule has 0 unspecified atom stereocenters. The average Bonchev–Trinajstić information content (AvgIpc) is 2.63. The molecule has 0 atom stereocenters. The van der Waals surface area contributed by atoms with Crippen molar-refractivity contribution in [3.05, 3.63) is 48.0 Å². The van der Waals surface area contributed by atoms with Gasteiger partial charge in [0, 0.05) is 24.5 Å². The summed E-state index contributed by atoms with van der Waals surface area (Å²) >= 11 is 0. The Morgan fingerprint density at radius 1 is 1.12 bits per heavy atom. The number of benzene rings is 2. The number of methoxy groups -OCH3 is 1. The van der Waals surface area contributed by atoms with Gasteiger partial charge in [0.25, 0.3) is 10.0 Å². The molecular weight excluding hydrogens is 356 g/mol. The van der Waals surface area contributed by atoms with Crippen molar-refractivity contribution in [2.45, 2.75) is 18.7 Å². The minimum absolute atomic E-state index is 0.0438. The second kappa shape index (κ2) is 8.09. The molecular formula is C18H21N2O5S-. The summed E-state index contributed by atoms with van der Waals surface area (Å²) in [5.41, 5.74) is 1.10. The first-order chi connectivity index (χ1) is 12.3. The van der Waals surface area contributed by atoms with Crippen molar-refractivity contribution in [3.63, 3.8) is 0 Å². The van der Waals surface area contributed by atoms with E-state index in [0.29, 0.717) is 5.69 Å². The second-order valence-corrected chi connectivity index (χ2v) is 7.13. The van der Waals surface area contributed by atoms with E-state index in [1.54, 1.807) is 12.1 Å². The maximum atomic E-state index is 12.7. The number of carbonyl (C=O) groups is 1. The van der Waals surface area contributed by atoms with Gasteiger partial charge in [0.15, 0.2) is 0 Å². The highest BCUT2D eigenvalue weighted by Crippen LogP contribution is 2.27. The van der Waals surface area contributed by atoms with E-state index < -0.39 is 16.0 Å². The molecule has 0 aliphatic carbocycles. The number of aromatic carboxylic acids is 1. The fourth-order valence-electron chi connectivity index (χ4n) is 2.55. The number of hydrogen-bond acceptors (Lipinski definition) is 6. The van der Waals surface area contributed by atoms with Crippen LogP contribution in [-0.4, -0.2) is 34.6 Å². The van der Waals surface area contributed by atoms with Crippen LogP contribution in [-0.2, 0) is 10.0 Å². The van der Waals surface area contributed by atoms with Gasteiger partial charge in [-0.15, -0.1) is 0 Å². The summed E-state index contributed by atoms with van der Waals surface area (Å²) < 4.78 is 32.8. The molecule has 0 spiro atoms. The molecule has 0 bridgehead atoms. The molecule has 0 aliphatic heterocycles. The van der Waals surface area contributed by atoms with E-state index in [9.17, 15) is 18.3 Å². The highest BCUT2D eigenvalue weighted by molar-refractivity contribution is 7.92. The van der Waals surface area contributed by atoms with Crippen LogP contribution < -0.4 is 19.5 Å². The summed E-state index contributed by atoms with van der Waals surface area (Å²) in [5, 5.41) is 11.0. The lowest BCUT2D eigenvalue weighted by molar-refractivity contribution is -0.255. The van der Waals surface area contributed by atoms with E-state index in [-0.39, 0.29) is 16.2 Å². The first-order valence-corrected chi connectivity index (χ1v) is 9.58. The van der Waals surface area contributed by atoms with Crippen LogP contribution >= 0.6 is 0 Å². The zero-order chi connectivity index (χ0) is 19.3. The molecule has 140 valence electrons. The van der Waals surface area contributed by atoms with Gasteiger partial charge in [0.05, 0.1) is 13.1 Å². The lowest BCUT2D eigenvalue weighted by Gasteiger charge is -2.21. The Kier molecular flexibility index (Phi) is 6.10. The fourth-order valence-corrected chi connectivity index (χ4v) is 3.81. The molecule has 0 saturated heterocycles. The summed E-state index contributed by atoms with van der Waals surface area (Å²) in [7, 11) is -2.72. The number of ether oxygens (including phenoxy) is 1. The Morgan fingerprint density at radius 3 is 2.23 bits per heavy atom. The van der Waals surface area contributed by atoms with Crippen LogP contribution in [0.15, 0.2) is 47.4 Å². The summed E-state index contributed by atoms with van der Waals surface area (Å²) in [6, 6.07) is 10.5. The van der Waals surface area contributed by atoms with Gasteiger partial charge in [-0.05, 0) is 61.9 Å². The standard InChI is InChI=1S/C18H22N2O5S/c1-4-20(5-2)15-9-7-14(8-10-15)19-26(23,24)17-12-13(18(21)22)6-11-16(17)25-3/h6-12,19H,4-5H2,1-3H3,(H,21,22)/p-1. The molecule has 8 heteroatoms. The first kappa shape index (κ1) is 19.6. The van der Waals surface area contributed by atoms with Crippen LogP contribution in [0.1, 0.15) is 24.2 Å². The molecule has 1 N–H and O–H groups in total. The lowest BCUT2D eigenvalue weighted by atomic mass is 10.2.